The molecule has 3 aliphatic rings. The maximum atomic E-state index is 10.8. The van der Waals surface area contributed by atoms with Gasteiger partial charge >= 0.3 is 0 Å². The van der Waals surface area contributed by atoms with Crippen molar-refractivity contribution < 1.29 is 30.6 Å². The van der Waals surface area contributed by atoms with Crippen molar-refractivity contribution in [1.29, 1.82) is 0 Å². The average Bonchev–Trinajstić information content (AvgIpc) is 3.43. The molecule has 0 aromatic heterocycles. The number of phenolic OH excluding ortho intramolecular Hbond substituents is 6. The molecule has 12 rings (SSSR count). The molecule has 2 bridgehead atoms. The van der Waals surface area contributed by atoms with Gasteiger partial charge < -0.3 is 30.6 Å². The summed E-state index contributed by atoms with van der Waals surface area (Å²) in [6.07, 6.45) is 9.59. The van der Waals surface area contributed by atoms with Crippen molar-refractivity contribution in [3.63, 3.8) is 0 Å². The summed E-state index contributed by atoms with van der Waals surface area (Å²) in [5.41, 5.74) is 11.5. The SMILES string of the molecule is Oc1ccccc1C=Nc1cc2c(cc1N=Cc1ccccc1O)C1c3cc(N=Cc4ccccc4O)c(N=Cc4ccccc4O)cc3C2c2cc(N=Cc3ccccc3O)c(N=Cc3ccccc3O)cc21. The minimum Gasteiger partial charge on any atom is -0.507 e. The highest BCUT2D eigenvalue weighted by atomic mass is 16.3. The second-order valence-electron chi connectivity index (χ2n) is 17.7. The topological polar surface area (TPSA) is 196 Å². The van der Waals surface area contributed by atoms with Crippen molar-refractivity contribution in [2.24, 2.45) is 30.0 Å². The summed E-state index contributed by atoms with van der Waals surface area (Å²) < 4.78 is 0. The van der Waals surface area contributed by atoms with E-state index in [0.717, 1.165) is 33.4 Å². The molecule has 3 aliphatic carbocycles. The van der Waals surface area contributed by atoms with Crippen molar-refractivity contribution in [1.82, 2.24) is 0 Å². The van der Waals surface area contributed by atoms with Gasteiger partial charge in [-0.1, -0.05) is 72.8 Å². The van der Waals surface area contributed by atoms with E-state index >= 15 is 0 Å². The van der Waals surface area contributed by atoms with E-state index in [1.54, 1.807) is 146 Å². The molecule has 0 radical (unpaired) electrons. The first-order valence-electron chi connectivity index (χ1n) is 23.6. The van der Waals surface area contributed by atoms with E-state index in [9.17, 15) is 30.6 Å². The van der Waals surface area contributed by atoms with Gasteiger partial charge in [0, 0.05) is 82.5 Å². The molecule has 0 heterocycles. The molecule has 12 heteroatoms. The summed E-state index contributed by atoms with van der Waals surface area (Å²) in [6, 6.07) is 53.6. The molecule has 0 aliphatic heterocycles. The molecule has 0 fully saturated rings. The molecule has 0 spiro atoms. The molecule has 0 atom stereocenters. The van der Waals surface area contributed by atoms with E-state index < -0.39 is 11.8 Å². The normalized spacial score (nSPS) is 14.8. The number of aromatic hydroxyl groups is 6. The van der Waals surface area contributed by atoms with Crippen LogP contribution in [-0.4, -0.2) is 67.9 Å². The second kappa shape index (κ2) is 19.9. The third kappa shape index (κ3) is 9.17. The van der Waals surface area contributed by atoms with Crippen LogP contribution in [-0.2, 0) is 0 Å². The van der Waals surface area contributed by atoms with E-state index in [2.05, 4.69) is 0 Å². The van der Waals surface area contributed by atoms with Crippen molar-refractivity contribution in [2.75, 3.05) is 0 Å². The maximum Gasteiger partial charge on any atom is 0.124 e. The van der Waals surface area contributed by atoms with Crippen LogP contribution in [0.3, 0.4) is 0 Å². The molecule has 0 saturated heterocycles. The Bertz CT molecular complexity index is 3210. The molecular formula is C62H44N6O6. The number of phenols is 6. The lowest BCUT2D eigenvalue weighted by molar-refractivity contribution is 0.474. The minimum absolute atomic E-state index is 0.0612. The van der Waals surface area contributed by atoms with Gasteiger partial charge in [-0.05, 0) is 143 Å². The van der Waals surface area contributed by atoms with Gasteiger partial charge in [0.15, 0.2) is 0 Å². The third-order valence-electron chi connectivity index (χ3n) is 13.1. The van der Waals surface area contributed by atoms with E-state index in [1.807, 2.05) is 72.8 Å². The fourth-order valence-electron chi connectivity index (χ4n) is 9.37. The van der Waals surface area contributed by atoms with Crippen LogP contribution in [0.15, 0.2) is 212 Å². The molecule has 0 unspecified atom stereocenters. The summed E-state index contributed by atoms with van der Waals surface area (Å²) in [7, 11) is 0. The number of nitrogens with zero attached hydrogens (tertiary/aromatic N) is 6. The summed E-state index contributed by atoms with van der Waals surface area (Å²) in [4.78, 5) is 29.8. The minimum atomic E-state index is -0.471. The van der Waals surface area contributed by atoms with Crippen LogP contribution in [0.2, 0.25) is 0 Å². The van der Waals surface area contributed by atoms with Crippen LogP contribution in [0.5, 0.6) is 34.5 Å². The first-order valence-corrected chi connectivity index (χ1v) is 23.6. The number of hydrogen-bond donors (Lipinski definition) is 6. The number of rotatable bonds is 12. The lowest BCUT2D eigenvalue weighted by Gasteiger charge is -2.43. The van der Waals surface area contributed by atoms with Gasteiger partial charge in [0.25, 0.3) is 0 Å². The van der Waals surface area contributed by atoms with Crippen LogP contribution >= 0.6 is 0 Å². The fraction of sp³-hybridized carbons (Fsp3) is 0.0323. The van der Waals surface area contributed by atoms with Gasteiger partial charge in [-0.3, -0.25) is 30.0 Å². The lowest BCUT2D eigenvalue weighted by Crippen LogP contribution is -2.27. The highest BCUT2D eigenvalue weighted by molar-refractivity contribution is 5.94. The predicted octanol–water partition coefficient (Wildman–Crippen LogP) is 13.4. The Hall–Kier alpha value is -10.2. The molecule has 0 amide bonds. The van der Waals surface area contributed by atoms with E-state index in [0.29, 0.717) is 67.5 Å². The molecule has 9 aromatic rings. The van der Waals surface area contributed by atoms with Gasteiger partial charge in [-0.2, -0.15) is 0 Å². The quantitative estimate of drug-likeness (QED) is 0.0659. The van der Waals surface area contributed by atoms with Gasteiger partial charge in [-0.15, -0.1) is 0 Å². The largest absolute Gasteiger partial charge is 0.507 e. The first-order chi connectivity index (χ1) is 36.2. The smallest absolute Gasteiger partial charge is 0.124 e. The molecular weight excluding hydrogens is 925 g/mol. The molecule has 9 aromatic carbocycles. The van der Waals surface area contributed by atoms with Crippen LogP contribution in [0, 0.1) is 0 Å². The molecule has 74 heavy (non-hydrogen) atoms. The zero-order valence-corrected chi connectivity index (χ0v) is 39.3. The van der Waals surface area contributed by atoms with Gasteiger partial charge in [0.2, 0.25) is 0 Å². The van der Waals surface area contributed by atoms with Crippen LogP contribution in [0.4, 0.5) is 34.1 Å². The fourth-order valence-corrected chi connectivity index (χ4v) is 9.37. The van der Waals surface area contributed by atoms with Crippen molar-refractivity contribution in [2.45, 2.75) is 11.8 Å². The Morgan fingerprint density at radius 1 is 0.230 bits per heavy atom. The molecule has 358 valence electrons. The first kappa shape index (κ1) is 46.2. The number of benzene rings is 9. The third-order valence-corrected chi connectivity index (χ3v) is 13.1. The molecule has 0 saturated carbocycles. The zero-order valence-electron chi connectivity index (χ0n) is 39.3. The Labute approximate surface area is 425 Å². The Balaban J connectivity index is 1.17. The van der Waals surface area contributed by atoms with Crippen molar-refractivity contribution in [3.8, 4) is 34.5 Å². The van der Waals surface area contributed by atoms with Gasteiger partial charge in [-0.25, -0.2) is 0 Å². The van der Waals surface area contributed by atoms with Crippen molar-refractivity contribution in [3.05, 3.63) is 249 Å². The monoisotopic (exact) mass is 968 g/mol. The van der Waals surface area contributed by atoms with Gasteiger partial charge in [0.05, 0.1) is 34.1 Å². The predicted molar refractivity (Wildman–Crippen MR) is 293 cm³/mol. The molecule has 6 N–H and O–H groups in total. The highest BCUT2D eigenvalue weighted by Crippen LogP contribution is 2.60. The average molecular weight is 969 g/mol. The van der Waals surface area contributed by atoms with E-state index in [1.165, 1.54) is 0 Å². The van der Waals surface area contributed by atoms with Crippen molar-refractivity contribution >= 4 is 71.4 Å². The maximum absolute atomic E-state index is 10.8. The number of hydrogen-bond acceptors (Lipinski definition) is 12. The second-order valence-corrected chi connectivity index (χ2v) is 17.7. The van der Waals surface area contributed by atoms with Gasteiger partial charge in [0.1, 0.15) is 34.5 Å². The van der Waals surface area contributed by atoms with Crippen LogP contribution < -0.4 is 0 Å². The summed E-state index contributed by atoms with van der Waals surface area (Å²) in [6.45, 7) is 0. The van der Waals surface area contributed by atoms with E-state index in [4.69, 9.17) is 30.0 Å². The summed E-state index contributed by atoms with van der Waals surface area (Å²) in [5, 5.41) is 64.7. The number of aliphatic imine (C=N–C) groups is 6. The molecule has 12 nitrogen and oxygen atoms in total. The lowest BCUT2D eigenvalue weighted by atomic mass is 9.60. The Morgan fingerprint density at radius 3 is 0.527 bits per heavy atom. The standard InChI is InChI=1S/C62H44N6O6/c69-55-19-7-1-13-37(55)31-63-49-25-43-44(26-50(49)64-32-38-14-2-8-20-56(38)70)62-47-29-53(67-35-41-17-5-11-23-59(41)73)51(65-33-39-15-3-9-21-57(39)71)27-45(47)61(43)46-28-52(66-34-40-16-4-10-22-58(40)72)54(30-48(46)62)68-36-42-18-6-12-24-60(42)74/h1-36,61-62,69-74H. The Morgan fingerprint density at radius 2 is 0.378 bits per heavy atom. The summed E-state index contributed by atoms with van der Waals surface area (Å²) in [5.74, 6) is -0.576. The highest BCUT2D eigenvalue weighted by Gasteiger charge is 2.43. The van der Waals surface area contributed by atoms with Crippen LogP contribution in [0.25, 0.3) is 0 Å². The van der Waals surface area contributed by atoms with E-state index in [-0.39, 0.29) is 34.5 Å². The number of para-hydroxylation sites is 6. The summed E-state index contributed by atoms with van der Waals surface area (Å²) >= 11 is 0. The zero-order chi connectivity index (χ0) is 50.7. The van der Waals surface area contributed by atoms with Crippen LogP contribution in [0.1, 0.15) is 78.6 Å². The Kier molecular flexibility index (Phi) is 12.4.